The quantitative estimate of drug-likeness (QED) is 0.659. The highest BCUT2D eigenvalue weighted by molar-refractivity contribution is 5.76. The Labute approximate surface area is 161 Å². The first-order valence-electron chi connectivity index (χ1n) is 9.11. The van der Waals surface area contributed by atoms with Crippen LogP contribution >= 0.6 is 0 Å². The number of hydrogen-bond acceptors (Lipinski definition) is 4. The molecular weight excluding hydrogens is 359 g/mol. The lowest BCUT2D eigenvalue weighted by Gasteiger charge is -2.19. The van der Waals surface area contributed by atoms with E-state index in [1.165, 1.54) is 18.2 Å². The first-order chi connectivity index (χ1) is 13.5. The Morgan fingerprint density at radius 2 is 2.00 bits per heavy atom. The first-order valence-corrected chi connectivity index (χ1v) is 9.11. The van der Waals surface area contributed by atoms with E-state index in [0.29, 0.717) is 30.1 Å². The van der Waals surface area contributed by atoms with Crippen molar-refractivity contribution in [3.8, 4) is 11.5 Å². The molecule has 0 radical (unpaired) electrons. The number of benzene rings is 1. The molecule has 2 heterocycles. The summed E-state index contributed by atoms with van der Waals surface area (Å²) in [4.78, 5) is 35.7. The van der Waals surface area contributed by atoms with Crippen molar-refractivity contribution in [2.24, 2.45) is 0 Å². The second kappa shape index (κ2) is 9.03. The number of amides is 1. The van der Waals surface area contributed by atoms with Gasteiger partial charge in [-0.2, -0.15) is 0 Å². The summed E-state index contributed by atoms with van der Waals surface area (Å²) in [5.74, 6) is -0.0958. The van der Waals surface area contributed by atoms with Crippen molar-refractivity contribution in [3.63, 3.8) is 0 Å². The van der Waals surface area contributed by atoms with Gasteiger partial charge < -0.3 is 10.3 Å². The number of halogens is 1. The summed E-state index contributed by atoms with van der Waals surface area (Å²) in [6.07, 6.45) is 3.02. The summed E-state index contributed by atoms with van der Waals surface area (Å²) in [7, 11) is 0. The van der Waals surface area contributed by atoms with Crippen molar-refractivity contribution < 1.29 is 9.18 Å². The second-order valence-corrected chi connectivity index (χ2v) is 6.43. The highest BCUT2D eigenvalue weighted by Gasteiger charge is 2.17. The van der Waals surface area contributed by atoms with Crippen molar-refractivity contribution in [1.82, 2.24) is 20.3 Å². The van der Waals surface area contributed by atoms with Gasteiger partial charge in [0.25, 0.3) is 5.56 Å². The molecule has 0 aliphatic carbocycles. The number of carbonyl (C=O) groups excluding carboxylic acids is 1. The standard InChI is InChI=1S/C21H21FN4O2/c1-2-5-19(27)25-18(14-7-9-15(22)10-8-14)12-16-13-20(28)26-21(24-16)17-6-3-4-11-23-17/h3-4,6-11,13,18H,2,5,12H2,1H3,(H,25,27)(H,24,26,28)/t18-/m1/s1. The van der Waals surface area contributed by atoms with Crippen LogP contribution in [-0.4, -0.2) is 20.9 Å². The number of hydrogen-bond donors (Lipinski definition) is 2. The molecule has 0 bridgehead atoms. The summed E-state index contributed by atoms with van der Waals surface area (Å²) >= 11 is 0. The Hall–Kier alpha value is -3.35. The van der Waals surface area contributed by atoms with Gasteiger partial charge in [0.15, 0.2) is 5.82 Å². The molecule has 0 saturated carbocycles. The minimum absolute atomic E-state index is 0.105. The van der Waals surface area contributed by atoms with Crippen LogP contribution in [0, 0.1) is 5.82 Å². The summed E-state index contributed by atoms with van der Waals surface area (Å²) in [5, 5.41) is 2.95. The summed E-state index contributed by atoms with van der Waals surface area (Å²) in [5.41, 5.74) is 1.50. The van der Waals surface area contributed by atoms with Gasteiger partial charge in [-0.05, 0) is 36.2 Å². The maximum atomic E-state index is 13.3. The monoisotopic (exact) mass is 380 g/mol. The molecule has 0 unspecified atom stereocenters. The van der Waals surface area contributed by atoms with Crippen LogP contribution in [0.2, 0.25) is 0 Å². The van der Waals surface area contributed by atoms with Crippen molar-refractivity contribution >= 4 is 5.91 Å². The molecule has 0 fully saturated rings. The highest BCUT2D eigenvalue weighted by atomic mass is 19.1. The fourth-order valence-corrected chi connectivity index (χ4v) is 2.89. The molecule has 28 heavy (non-hydrogen) atoms. The SMILES string of the molecule is CCCC(=O)N[C@H](Cc1cc(=O)[nH]c(-c2ccccn2)n1)c1ccc(F)cc1. The summed E-state index contributed by atoms with van der Waals surface area (Å²) in [6.45, 7) is 1.92. The zero-order chi connectivity index (χ0) is 19.9. The van der Waals surface area contributed by atoms with E-state index in [9.17, 15) is 14.0 Å². The van der Waals surface area contributed by atoms with E-state index >= 15 is 0 Å². The predicted molar refractivity (Wildman–Crippen MR) is 104 cm³/mol. The molecule has 7 heteroatoms. The molecule has 0 aliphatic rings. The number of aromatic nitrogens is 3. The molecule has 1 aromatic carbocycles. The number of aromatic amines is 1. The first kappa shape index (κ1) is 19.4. The van der Waals surface area contributed by atoms with Gasteiger partial charge in [0.2, 0.25) is 5.91 Å². The number of pyridine rings is 1. The van der Waals surface area contributed by atoms with Crippen molar-refractivity contribution in [2.45, 2.75) is 32.2 Å². The van der Waals surface area contributed by atoms with Gasteiger partial charge in [-0.25, -0.2) is 9.37 Å². The molecule has 3 aromatic rings. The third-order valence-electron chi connectivity index (χ3n) is 4.20. The molecule has 0 saturated heterocycles. The Morgan fingerprint density at radius 1 is 1.21 bits per heavy atom. The van der Waals surface area contributed by atoms with Crippen LogP contribution in [0.15, 0.2) is 59.5 Å². The van der Waals surface area contributed by atoms with Gasteiger partial charge in [0.1, 0.15) is 11.5 Å². The minimum atomic E-state index is -0.425. The normalized spacial score (nSPS) is 11.8. The fourth-order valence-electron chi connectivity index (χ4n) is 2.89. The van der Waals surface area contributed by atoms with E-state index in [4.69, 9.17) is 0 Å². The van der Waals surface area contributed by atoms with Crippen LogP contribution in [0.3, 0.4) is 0 Å². The largest absolute Gasteiger partial charge is 0.349 e. The molecule has 0 aliphatic heterocycles. The maximum absolute atomic E-state index is 13.3. The molecular formula is C21H21FN4O2. The van der Waals surface area contributed by atoms with E-state index in [1.807, 2.05) is 6.92 Å². The van der Waals surface area contributed by atoms with Crippen LogP contribution in [0.4, 0.5) is 4.39 Å². The van der Waals surface area contributed by atoms with E-state index < -0.39 is 6.04 Å². The number of nitrogens with one attached hydrogen (secondary N) is 2. The van der Waals surface area contributed by atoms with Crippen LogP contribution in [-0.2, 0) is 11.2 Å². The van der Waals surface area contributed by atoms with Crippen molar-refractivity contribution in [3.05, 3.63) is 82.2 Å². The van der Waals surface area contributed by atoms with E-state index in [-0.39, 0.29) is 17.3 Å². The highest BCUT2D eigenvalue weighted by Crippen LogP contribution is 2.19. The van der Waals surface area contributed by atoms with Crippen LogP contribution < -0.4 is 10.9 Å². The second-order valence-electron chi connectivity index (χ2n) is 6.43. The maximum Gasteiger partial charge on any atom is 0.251 e. The average molecular weight is 380 g/mol. The number of H-pyrrole nitrogens is 1. The third-order valence-corrected chi connectivity index (χ3v) is 4.20. The van der Waals surface area contributed by atoms with Crippen molar-refractivity contribution in [2.75, 3.05) is 0 Å². The zero-order valence-corrected chi connectivity index (χ0v) is 15.5. The average Bonchev–Trinajstić information content (AvgIpc) is 2.68. The predicted octanol–water partition coefficient (Wildman–Crippen LogP) is 3.17. The van der Waals surface area contributed by atoms with Gasteiger partial charge in [0.05, 0.1) is 11.7 Å². The molecule has 144 valence electrons. The number of rotatable bonds is 7. The summed E-state index contributed by atoms with van der Waals surface area (Å²) < 4.78 is 13.3. The molecule has 1 atom stereocenters. The van der Waals surface area contributed by atoms with Crippen LogP contribution in [0.1, 0.15) is 37.1 Å². The lowest BCUT2D eigenvalue weighted by molar-refractivity contribution is -0.121. The minimum Gasteiger partial charge on any atom is -0.349 e. The Balaban J connectivity index is 1.91. The van der Waals surface area contributed by atoms with Crippen molar-refractivity contribution in [1.29, 1.82) is 0 Å². The van der Waals surface area contributed by atoms with Crippen LogP contribution in [0.5, 0.6) is 0 Å². The third kappa shape index (κ3) is 5.09. The smallest absolute Gasteiger partial charge is 0.251 e. The lowest BCUT2D eigenvalue weighted by Crippen LogP contribution is -2.30. The van der Waals surface area contributed by atoms with Gasteiger partial charge >= 0.3 is 0 Å². The topological polar surface area (TPSA) is 87.7 Å². The lowest BCUT2D eigenvalue weighted by atomic mass is 10.0. The number of nitrogens with zero attached hydrogens (tertiary/aromatic N) is 2. The molecule has 0 spiro atoms. The molecule has 6 nitrogen and oxygen atoms in total. The van der Waals surface area contributed by atoms with Gasteiger partial charge in [-0.3, -0.25) is 14.6 Å². The van der Waals surface area contributed by atoms with Crippen LogP contribution in [0.25, 0.3) is 11.5 Å². The number of carbonyl (C=O) groups is 1. The van der Waals surface area contributed by atoms with Gasteiger partial charge in [-0.15, -0.1) is 0 Å². The fraction of sp³-hybridized carbons (Fsp3) is 0.238. The molecule has 2 N–H and O–H groups in total. The van der Waals surface area contributed by atoms with Gasteiger partial charge in [0, 0.05) is 25.1 Å². The Bertz CT molecular complexity index is 987. The van der Waals surface area contributed by atoms with E-state index in [1.54, 1.807) is 36.5 Å². The van der Waals surface area contributed by atoms with Gasteiger partial charge in [-0.1, -0.05) is 25.1 Å². The molecule has 1 amide bonds. The van der Waals surface area contributed by atoms with E-state index in [2.05, 4.69) is 20.3 Å². The zero-order valence-electron chi connectivity index (χ0n) is 15.5. The molecule has 3 rings (SSSR count). The van der Waals surface area contributed by atoms with E-state index in [0.717, 1.165) is 12.0 Å². The molecule has 2 aromatic heterocycles. The summed E-state index contributed by atoms with van der Waals surface area (Å²) in [6, 6.07) is 12.2. The Morgan fingerprint density at radius 3 is 2.68 bits per heavy atom. The Kier molecular flexibility index (Phi) is 6.26.